The van der Waals surface area contributed by atoms with Crippen molar-refractivity contribution in [2.75, 3.05) is 12.4 Å². The molecule has 2 aromatic rings. The first-order valence-corrected chi connectivity index (χ1v) is 7.60. The minimum Gasteiger partial charge on any atom is -0.504 e. The van der Waals surface area contributed by atoms with Crippen LogP contribution in [-0.2, 0) is 13.0 Å². The molecule has 0 bridgehead atoms. The van der Waals surface area contributed by atoms with Gasteiger partial charge in [-0.2, -0.15) is 0 Å². The number of halogens is 1. The second kappa shape index (κ2) is 6.83. The Morgan fingerprint density at radius 3 is 2.70 bits per heavy atom. The molecule has 0 aromatic heterocycles. The van der Waals surface area contributed by atoms with Crippen LogP contribution in [0.2, 0.25) is 0 Å². The minimum atomic E-state index is 0.200. The Labute approximate surface area is 133 Å². The van der Waals surface area contributed by atoms with E-state index in [0.717, 1.165) is 21.2 Å². The van der Waals surface area contributed by atoms with Crippen LogP contribution in [0.1, 0.15) is 18.1 Å². The number of aryl methyl sites for hydroxylation is 1. The third-order valence-corrected chi connectivity index (χ3v) is 4.01. The predicted molar refractivity (Wildman–Crippen MR) is 90.5 cm³/mol. The van der Waals surface area contributed by atoms with Gasteiger partial charge < -0.3 is 15.2 Å². The number of nitrogens with one attached hydrogen (secondary N) is 1. The monoisotopic (exact) mass is 383 g/mol. The number of aromatic hydroxyl groups is 1. The molecule has 2 N–H and O–H groups in total. The summed E-state index contributed by atoms with van der Waals surface area (Å²) in [6, 6.07) is 12.1. The van der Waals surface area contributed by atoms with E-state index < -0.39 is 0 Å². The summed E-state index contributed by atoms with van der Waals surface area (Å²) in [4.78, 5) is 0. The number of para-hydroxylation sites is 1. The molecule has 0 aliphatic rings. The van der Waals surface area contributed by atoms with Crippen molar-refractivity contribution in [1.82, 2.24) is 0 Å². The van der Waals surface area contributed by atoms with E-state index >= 15 is 0 Å². The first-order valence-electron chi connectivity index (χ1n) is 6.52. The molecule has 0 heterocycles. The van der Waals surface area contributed by atoms with Crippen molar-refractivity contribution < 1.29 is 9.84 Å². The largest absolute Gasteiger partial charge is 0.504 e. The summed E-state index contributed by atoms with van der Waals surface area (Å²) in [5, 5.41) is 13.3. The standard InChI is InChI=1S/C16H18INO2/c1-3-12-6-4-5-7-14(12)18-10-11-8-13(17)16(19)15(9-11)20-2/h4-9,18-19H,3,10H2,1-2H3. The normalized spacial score (nSPS) is 10.3. The van der Waals surface area contributed by atoms with Gasteiger partial charge in [0.25, 0.3) is 0 Å². The summed E-state index contributed by atoms with van der Waals surface area (Å²) in [6.07, 6.45) is 1.000. The average molecular weight is 383 g/mol. The highest BCUT2D eigenvalue weighted by Crippen LogP contribution is 2.32. The Bertz CT molecular complexity index is 599. The predicted octanol–water partition coefficient (Wildman–Crippen LogP) is 4.18. The highest BCUT2D eigenvalue weighted by atomic mass is 127. The molecule has 0 spiro atoms. The topological polar surface area (TPSA) is 41.5 Å². The van der Waals surface area contributed by atoms with Gasteiger partial charge in [0, 0.05) is 12.2 Å². The van der Waals surface area contributed by atoms with Gasteiger partial charge in [0.05, 0.1) is 10.7 Å². The molecule has 0 amide bonds. The third-order valence-electron chi connectivity index (χ3n) is 3.19. The molecule has 4 heteroatoms. The van der Waals surface area contributed by atoms with Gasteiger partial charge in [0.1, 0.15) is 0 Å². The van der Waals surface area contributed by atoms with Gasteiger partial charge in [-0.15, -0.1) is 0 Å². The van der Waals surface area contributed by atoms with Crippen LogP contribution in [0.3, 0.4) is 0 Å². The maximum Gasteiger partial charge on any atom is 0.171 e. The Morgan fingerprint density at radius 2 is 2.00 bits per heavy atom. The second-order valence-electron chi connectivity index (χ2n) is 4.49. The molecule has 0 aliphatic carbocycles. The zero-order valence-corrected chi connectivity index (χ0v) is 13.8. The van der Waals surface area contributed by atoms with Crippen LogP contribution in [0.5, 0.6) is 11.5 Å². The van der Waals surface area contributed by atoms with Gasteiger partial charge in [0.15, 0.2) is 11.5 Å². The summed E-state index contributed by atoms with van der Waals surface area (Å²) < 4.78 is 5.97. The highest BCUT2D eigenvalue weighted by Gasteiger charge is 2.08. The van der Waals surface area contributed by atoms with Crippen molar-refractivity contribution >= 4 is 28.3 Å². The lowest BCUT2D eigenvalue weighted by atomic mass is 10.1. The highest BCUT2D eigenvalue weighted by molar-refractivity contribution is 14.1. The molecular weight excluding hydrogens is 365 g/mol. The van der Waals surface area contributed by atoms with Crippen molar-refractivity contribution in [1.29, 1.82) is 0 Å². The number of phenols is 1. The van der Waals surface area contributed by atoms with Crippen molar-refractivity contribution in [2.45, 2.75) is 19.9 Å². The molecule has 106 valence electrons. The first kappa shape index (κ1) is 15.0. The molecule has 0 aliphatic heterocycles. The van der Waals surface area contributed by atoms with Crippen molar-refractivity contribution in [3.05, 3.63) is 51.1 Å². The molecule has 0 saturated heterocycles. The summed E-state index contributed by atoms with van der Waals surface area (Å²) in [5.74, 6) is 0.711. The first-order chi connectivity index (χ1) is 9.65. The summed E-state index contributed by atoms with van der Waals surface area (Å²) in [7, 11) is 1.56. The number of ether oxygens (including phenoxy) is 1. The Kier molecular flexibility index (Phi) is 5.11. The van der Waals surface area contributed by atoms with Crippen molar-refractivity contribution in [3.63, 3.8) is 0 Å². The van der Waals surface area contributed by atoms with E-state index in [2.05, 4.69) is 53.0 Å². The SMILES string of the molecule is CCc1ccccc1NCc1cc(I)c(O)c(OC)c1. The van der Waals surface area contributed by atoms with Gasteiger partial charge in [-0.3, -0.25) is 0 Å². The molecule has 0 radical (unpaired) electrons. The smallest absolute Gasteiger partial charge is 0.171 e. The molecule has 3 nitrogen and oxygen atoms in total. The van der Waals surface area contributed by atoms with Gasteiger partial charge in [-0.25, -0.2) is 0 Å². The second-order valence-corrected chi connectivity index (χ2v) is 5.65. The van der Waals surface area contributed by atoms with Gasteiger partial charge in [-0.05, 0) is 58.3 Å². The third kappa shape index (κ3) is 3.36. The maximum absolute atomic E-state index is 9.84. The van der Waals surface area contributed by atoms with Crippen LogP contribution in [-0.4, -0.2) is 12.2 Å². The van der Waals surface area contributed by atoms with Crippen LogP contribution in [0.4, 0.5) is 5.69 Å². The lowest BCUT2D eigenvalue weighted by Gasteiger charge is -2.13. The van der Waals surface area contributed by atoms with E-state index in [-0.39, 0.29) is 5.75 Å². The van der Waals surface area contributed by atoms with E-state index in [1.165, 1.54) is 5.56 Å². The van der Waals surface area contributed by atoms with E-state index in [1.807, 2.05) is 18.2 Å². The summed E-state index contributed by atoms with van der Waals surface area (Å²) in [6.45, 7) is 2.84. The number of methoxy groups -OCH3 is 1. The number of hydrogen-bond acceptors (Lipinski definition) is 3. The number of benzene rings is 2. The van der Waals surface area contributed by atoms with Gasteiger partial charge in [-0.1, -0.05) is 25.1 Å². The Morgan fingerprint density at radius 1 is 1.25 bits per heavy atom. The van der Waals surface area contributed by atoms with E-state index in [4.69, 9.17) is 4.74 Å². The molecule has 0 atom stereocenters. The molecule has 0 unspecified atom stereocenters. The molecule has 2 rings (SSSR count). The van der Waals surface area contributed by atoms with Gasteiger partial charge in [0.2, 0.25) is 0 Å². The average Bonchev–Trinajstić information content (AvgIpc) is 2.48. The number of rotatable bonds is 5. The van der Waals surface area contributed by atoms with E-state index in [1.54, 1.807) is 7.11 Å². The van der Waals surface area contributed by atoms with Crippen LogP contribution in [0, 0.1) is 3.57 Å². The van der Waals surface area contributed by atoms with Crippen LogP contribution >= 0.6 is 22.6 Å². The summed E-state index contributed by atoms with van der Waals surface area (Å²) in [5.41, 5.74) is 3.53. The zero-order chi connectivity index (χ0) is 14.5. The molecule has 20 heavy (non-hydrogen) atoms. The minimum absolute atomic E-state index is 0.200. The number of anilines is 1. The maximum atomic E-state index is 9.84. The number of phenolic OH excluding ortho intramolecular Hbond substituents is 1. The molecule has 2 aromatic carbocycles. The molecule has 0 saturated carbocycles. The van der Waals surface area contributed by atoms with Gasteiger partial charge >= 0.3 is 0 Å². The van der Waals surface area contributed by atoms with Crippen molar-refractivity contribution in [3.8, 4) is 11.5 Å². The fraction of sp³-hybridized carbons (Fsp3) is 0.250. The van der Waals surface area contributed by atoms with E-state index in [9.17, 15) is 5.11 Å². The van der Waals surface area contributed by atoms with Crippen LogP contribution < -0.4 is 10.1 Å². The van der Waals surface area contributed by atoms with Crippen molar-refractivity contribution in [2.24, 2.45) is 0 Å². The molecule has 0 fully saturated rings. The van der Waals surface area contributed by atoms with E-state index in [0.29, 0.717) is 12.3 Å². The fourth-order valence-electron chi connectivity index (χ4n) is 2.08. The van der Waals surface area contributed by atoms with Crippen LogP contribution in [0.15, 0.2) is 36.4 Å². The quantitative estimate of drug-likeness (QED) is 0.762. The summed E-state index contributed by atoms with van der Waals surface area (Å²) >= 11 is 2.11. The van der Waals surface area contributed by atoms with Crippen LogP contribution in [0.25, 0.3) is 0 Å². The Balaban J connectivity index is 2.17. The molecular formula is C16H18INO2. The lowest BCUT2D eigenvalue weighted by molar-refractivity contribution is 0.371. The zero-order valence-electron chi connectivity index (χ0n) is 11.6. The fourth-order valence-corrected chi connectivity index (χ4v) is 2.75. The lowest BCUT2D eigenvalue weighted by Crippen LogP contribution is -2.03. The number of hydrogen-bond donors (Lipinski definition) is 2. The Hall–Kier alpha value is -1.43.